The zero-order chi connectivity index (χ0) is 10.8. The van der Waals surface area contributed by atoms with E-state index in [-0.39, 0.29) is 5.82 Å². The minimum atomic E-state index is -0.615. The SMILES string of the molecule is CC[C@](C)(N)c1ccc(OC)cc1F. The maximum absolute atomic E-state index is 13.6. The van der Waals surface area contributed by atoms with Crippen LogP contribution in [0.3, 0.4) is 0 Å². The molecule has 0 fully saturated rings. The lowest BCUT2D eigenvalue weighted by atomic mass is 9.90. The Balaban J connectivity index is 3.12. The molecule has 0 aliphatic rings. The second-order valence-corrected chi connectivity index (χ2v) is 3.62. The van der Waals surface area contributed by atoms with Crippen LogP contribution in [0.1, 0.15) is 25.8 Å². The maximum atomic E-state index is 13.6. The Hall–Kier alpha value is -1.09. The fourth-order valence-electron chi connectivity index (χ4n) is 1.28. The van der Waals surface area contributed by atoms with Crippen LogP contribution in [0.4, 0.5) is 4.39 Å². The molecule has 0 bridgehead atoms. The van der Waals surface area contributed by atoms with E-state index in [0.29, 0.717) is 17.7 Å². The fourth-order valence-corrected chi connectivity index (χ4v) is 1.28. The third kappa shape index (κ3) is 2.04. The molecular formula is C11H16FNO. The number of rotatable bonds is 3. The van der Waals surface area contributed by atoms with Crippen molar-refractivity contribution < 1.29 is 9.13 Å². The highest BCUT2D eigenvalue weighted by Gasteiger charge is 2.22. The highest BCUT2D eigenvalue weighted by Crippen LogP contribution is 2.26. The summed E-state index contributed by atoms with van der Waals surface area (Å²) in [6.45, 7) is 3.75. The van der Waals surface area contributed by atoms with Crippen LogP contribution in [-0.2, 0) is 5.54 Å². The minimum absolute atomic E-state index is 0.309. The summed E-state index contributed by atoms with van der Waals surface area (Å²) in [6.07, 6.45) is 0.691. The predicted molar refractivity (Wildman–Crippen MR) is 54.8 cm³/mol. The van der Waals surface area contributed by atoms with Gasteiger partial charge in [0, 0.05) is 17.2 Å². The molecule has 14 heavy (non-hydrogen) atoms. The molecule has 0 spiro atoms. The number of hydrogen-bond acceptors (Lipinski definition) is 2. The number of methoxy groups -OCH3 is 1. The Kier molecular flexibility index (Phi) is 3.11. The van der Waals surface area contributed by atoms with Crippen LogP contribution in [0.2, 0.25) is 0 Å². The van der Waals surface area contributed by atoms with Crippen molar-refractivity contribution in [1.29, 1.82) is 0 Å². The number of benzene rings is 1. The van der Waals surface area contributed by atoms with E-state index in [4.69, 9.17) is 10.5 Å². The standard InChI is InChI=1S/C11H16FNO/c1-4-11(2,13)9-6-5-8(14-3)7-10(9)12/h5-7H,4,13H2,1-3H3/t11-/m0/s1. The van der Waals surface area contributed by atoms with Gasteiger partial charge in [-0.25, -0.2) is 4.39 Å². The smallest absolute Gasteiger partial charge is 0.131 e. The molecule has 78 valence electrons. The zero-order valence-corrected chi connectivity index (χ0v) is 8.80. The van der Waals surface area contributed by atoms with Gasteiger partial charge in [0.2, 0.25) is 0 Å². The third-order valence-electron chi connectivity index (χ3n) is 2.53. The summed E-state index contributed by atoms with van der Waals surface area (Å²) >= 11 is 0. The van der Waals surface area contributed by atoms with Crippen molar-refractivity contribution in [2.75, 3.05) is 7.11 Å². The highest BCUT2D eigenvalue weighted by molar-refractivity contribution is 5.32. The van der Waals surface area contributed by atoms with E-state index in [9.17, 15) is 4.39 Å². The van der Waals surface area contributed by atoms with Crippen LogP contribution in [-0.4, -0.2) is 7.11 Å². The van der Waals surface area contributed by atoms with Crippen molar-refractivity contribution >= 4 is 0 Å². The highest BCUT2D eigenvalue weighted by atomic mass is 19.1. The summed E-state index contributed by atoms with van der Waals surface area (Å²) < 4.78 is 18.5. The molecule has 3 heteroatoms. The Morgan fingerprint density at radius 2 is 2.14 bits per heavy atom. The van der Waals surface area contributed by atoms with Crippen molar-refractivity contribution in [3.8, 4) is 5.75 Å². The summed E-state index contributed by atoms with van der Waals surface area (Å²) in [5, 5.41) is 0. The third-order valence-corrected chi connectivity index (χ3v) is 2.53. The van der Waals surface area contributed by atoms with E-state index in [1.165, 1.54) is 13.2 Å². The quantitative estimate of drug-likeness (QED) is 0.807. The molecule has 0 saturated carbocycles. The molecular weight excluding hydrogens is 181 g/mol. The molecule has 0 aliphatic heterocycles. The van der Waals surface area contributed by atoms with Gasteiger partial charge < -0.3 is 10.5 Å². The second-order valence-electron chi connectivity index (χ2n) is 3.62. The average Bonchev–Trinajstić information content (AvgIpc) is 2.17. The van der Waals surface area contributed by atoms with Crippen LogP contribution in [0.5, 0.6) is 5.75 Å². The van der Waals surface area contributed by atoms with Crippen molar-refractivity contribution in [1.82, 2.24) is 0 Å². The van der Waals surface area contributed by atoms with Crippen LogP contribution in [0, 0.1) is 5.82 Å². The molecule has 0 aliphatic carbocycles. The Morgan fingerprint density at radius 3 is 2.57 bits per heavy atom. The first-order valence-electron chi connectivity index (χ1n) is 4.64. The van der Waals surface area contributed by atoms with E-state index < -0.39 is 5.54 Å². The van der Waals surface area contributed by atoms with Crippen molar-refractivity contribution in [2.24, 2.45) is 5.73 Å². The van der Waals surface area contributed by atoms with Gasteiger partial charge in [0.15, 0.2) is 0 Å². The van der Waals surface area contributed by atoms with Gasteiger partial charge in [0.05, 0.1) is 7.11 Å². The number of hydrogen-bond donors (Lipinski definition) is 1. The largest absolute Gasteiger partial charge is 0.497 e. The van der Waals surface area contributed by atoms with Gasteiger partial charge in [0.25, 0.3) is 0 Å². The fraction of sp³-hybridized carbons (Fsp3) is 0.455. The summed E-state index contributed by atoms with van der Waals surface area (Å²) in [5.41, 5.74) is 5.86. The van der Waals surface area contributed by atoms with Gasteiger partial charge in [0.1, 0.15) is 11.6 Å². The van der Waals surface area contributed by atoms with Gasteiger partial charge in [-0.05, 0) is 19.4 Å². The molecule has 0 radical (unpaired) electrons. The second kappa shape index (κ2) is 3.96. The molecule has 0 saturated heterocycles. The lowest BCUT2D eigenvalue weighted by Gasteiger charge is -2.24. The molecule has 0 heterocycles. The monoisotopic (exact) mass is 197 g/mol. The van der Waals surface area contributed by atoms with E-state index in [2.05, 4.69) is 0 Å². The van der Waals surface area contributed by atoms with E-state index in [1.807, 2.05) is 13.8 Å². The Labute approximate surface area is 83.9 Å². The number of halogens is 1. The van der Waals surface area contributed by atoms with Crippen molar-refractivity contribution in [3.05, 3.63) is 29.6 Å². The van der Waals surface area contributed by atoms with Crippen LogP contribution in [0.15, 0.2) is 18.2 Å². The molecule has 1 aromatic rings. The topological polar surface area (TPSA) is 35.2 Å². The first-order chi connectivity index (χ1) is 6.51. The number of nitrogens with two attached hydrogens (primary N) is 1. The lowest BCUT2D eigenvalue weighted by molar-refractivity contribution is 0.404. The lowest BCUT2D eigenvalue weighted by Crippen LogP contribution is -2.33. The molecule has 2 nitrogen and oxygen atoms in total. The minimum Gasteiger partial charge on any atom is -0.497 e. The summed E-state index contributed by atoms with van der Waals surface area (Å²) in [7, 11) is 1.51. The summed E-state index contributed by atoms with van der Waals surface area (Å²) in [4.78, 5) is 0. The summed E-state index contributed by atoms with van der Waals surface area (Å²) in [6, 6.07) is 4.76. The molecule has 0 amide bonds. The van der Waals surface area contributed by atoms with Gasteiger partial charge >= 0.3 is 0 Å². The molecule has 0 unspecified atom stereocenters. The van der Waals surface area contributed by atoms with Crippen molar-refractivity contribution in [3.63, 3.8) is 0 Å². The van der Waals surface area contributed by atoms with E-state index >= 15 is 0 Å². The Morgan fingerprint density at radius 1 is 1.50 bits per heavy atom. The maximum Gasteiger partial charge on any atom is 0.131 e. The van der Waals surface area contributed by atoms with Crippen LogP contribution >= 0.6 is 0 Å². The predicted octanol–water partition coefficient (Wildman–Crippen LogP) is 2.42. The first kappa shape index (κ1) is 11.0. The normalized spacial score (nSPS) is 14.9. The molecule has 1 atom stereocenters. The van der Waals surface area contributed by atoms with E-state index in [1.54, 1.807) is 12.1 Å². The number of ether oxygens (including phenoxy) is 1. The average molecular weight is 197 g/mol. The van der Waals surface area contributed by atoms with E-state index in [0.717, 1.165) is 0 Å². The van der Waals surface area contributed by atoms with Crippen LogP contribution in [0.25, 0.3) is 0 Å². The van der Waals surface area contributed by atoms with Gasteiger partial charge in [-0.15, -0.1) is 0 Å². The molecule has 1 aromatic carbocycles. The zero-order valence-electron chi connectivity index (χ0n) is 8.80. The van der Waals surface area contributed by atoms with Gasteiger partial charge in [-0.3, -0.25) is 0 Å². The molecule has 1 rings (SSSR count). The Bertz CT molecular complexity index is 323. The van der Waals surface area contributed by atoms with Crippen molar-refractivity contribution in [2.45, 2.75) is 25.8 Å². The molecule has 0 aromatic heterocycles. The first-order valence-corrected chi connectivity index (χ1v) is 4.64. The van der Waals surface area contributed by atoms with Crippen LogP contribution < -0.4 is 10.5 Å². The van der Waals surface area contributed by atoms with Gasteiger partial charge in [-0.1, -0.05) is 13.0 Å². The molecule has 2 N–H and O–H groups in total. The summed E-state index contributed by atoms with van der Waals surface area (Å²) in [5.74, 6) is 0.203. The van der Waals surface area contributed by atoms with Gasteiger partial charge in [-0.2, -0.15) is 0 Å².